The number of esters is 1. The Morgan fingerprint density at radius 3 is 2.78 bits per heavy atom. The molecule has 3 rings (SSSR count). The molecule has 5 nitrogen and oxygen atoms in total. The Morgan fingerprint density at radius 1 is 1.19 bits per heavy atom. The third kappa shape index (κ3) is 4.76. The number of benzene rings is 1. The number of hydrogen-bond acceptors (Lipinski definition) is 4. The van der Waals surface area contributed by atoms with E-state index in [0.29, 0.717) is 11.5 Å². The molecule has 0 fully saturated rings. The van der Waals surface area contributed by atoms with Gasteiger partial charge in [-0.15, -0.1) is 0 Å². The first-order valence-corrected chi connectivity index (χ1v) is 8.98. The Morgan fingerprint density at radius 2 is 2.00 bits per heavy atom. The molecule has 0 aromatic heterocycles. The molecule has 0 bridgehead atoms. The highest BCUT2D eigenvalue weighted by Gasteiger charge is 2.23. The first-order valence-electron chi connectivity index (χ1n) is 8.98. The van der Waals surface area contributed by atoms with Crippen molar-refractivity contribution in [2.24, 2.45) is 0 Å². The lowest BCUT2D eigenvalue weighted by molar-refractivity contribution is -0.132. The molecule has 2 aliphatic rings. The largest absolute Gasteiger partial charge is 0.493 e. The molecule has 0 spiro atoms. The van der Waals surface area contributed by atoms with Crippen LogP contribution >= 0.6 is 0 Å². The van der Waals surface area contributed by atoms with Gasteiger partial charge in [0.1, 0.15) is 0 Å². The molecule has 1 aromatic rings. The zero-order valence-corrected chi connectivity index (χ0v) is 15.5. The summed E-state index contributed by atoms with van der Waals surface area (Å²) in [4.78, 5) is 23.6. The second-order valence-corrected chi connectivity index (χ2v) is 6.46. The third-order valence-corrected chi connectivity index (χ3v) is 4.52. The Labute approximate surface area is 159 Å². The highest BCUT2D eigenvalue weighted by atomic mass is 16.6. The first kappa shape index (κ1) is 18.7. The van der Waals surface area contributed by atoms with Gasteiger partial charge in [0.2, 0.25) is 5.91 Å². The van der Waals surface area contributed by atoms with Gasteiger partial charge in [-0.2, -0.15) is 0 Å². The number of ether oxygens (including phenoxy) is 2. The van der Waals surface area contributed by atoms with Crippen LogP contribution in [0.3, 0.4) is 0 Å². The highest BCUT2D eigenvalue weighted by Crippen LogP contribution is 2.31. The lowest BCUT2D eigenvalue weighted by Crippen LogP contribution is -2.32. The van der Waals surface area contributed by atoms with E-state index < -0.39 is 5.97 Å². The maximum Gasteiger partial charge on any atom is 0.308 e. The van der Waals surface area contributed by atoms with Gasteiger partial charge in [-0.1, -0.05) is 30.4 Å². The molecule has 0 aliphatic heterocycles. The number of carbonyl (C=O) groups is 2. The Kier molecular flexibility index (Phi) is 5.91. The third-order valence-electron chi connectivity index (χ3n) is 4.52. The predicted molar refractivity (Wildman–Crippen MR) is 104 cm³/mol. The topological polar surface area (TPSA) is 64.6 Å². The van der Waals surface area contributed by atoms with Gasteiger partial charge in [-0.3, -0.25) is 9.59 Å². The number of methoxy groups -OCH3 is 1. The van der Waals surface area contributed by atoms with Crippen molar-refractivity contribution in [1.29, 1.82) is 0 Å². The standard InChI is InChI=1S/C22H23NO4/c1-15(24)27-21-14-16(8-12-20(21)26-2)9-13-22(25)23-19-11-10-17-6-4-3-5-7-18(17)19/h4-9,12-14,19H,3,10-11H2,1-2H3,(H,23,25)/b13-9+. The minimum absolute atomic E-state index is 0.0450. The molecule has 1 aromatic carbocycles. The Hall–Kier alpha value is -3.08. The fraction of sp³-hybridized carbons (Fsp3) is 0.273. The molecular weight excluding hydrogens is 342 g/mol. The van der Waals surface area contributed by atoms with Crippen molar-refractivity contribution in [2.45, 2.75) is 32.2 Å². The summed E-state index contributed by atoms with van der Waals surface area (Å²) in [7, 11) is 1.51. The van der Waals surface area contributed by atoms with Gasteiger partial charge in [-0.25, -0.2) is 0 Å². The van der Waals surface area contributed by atoms with Gasteiger partial charge in [-0.05, 0) is 54.2 Å². The van der Waals surface area contributed by atoms with Crippen molar-refractivity contribution in [3.05, 3.63) is 65.3 Å². The minimum atomic E-state index is -0.428. The summed E-state index contributed by atoms with van der Waals surface area (Å²) in [6.45, 7) is 1.33. The zero-order valence-electron chi connectivity index (χ0n) is 15.5. The predicted octanol–water partition coefficient (Wildman–Crippen LogP) is 3.73. The van der Waals surface area contributed by atoms with Crippen molar-refractivity contribution < 1.29 is 19.1 Å². The van der Waals surface area contributed by atoms with E-state index in [-0.39, 0.29) is 11.9 Å². The van der Waals surface area contributed by atoms with Crippen LogP contribution in [0, 0.1) is 0 Å². The maximum atomic E-state index is 12.3. The summed E-state index contributed by atoms with van der Waals surface area (Å²) >= 11 is 0. The van der Waals surface area contributed by atoms with E-state index in [1.165, 1.54) is 31.3 Å². The van der Waals surface area contributed by atoms with Crippen LogP contribution in [0.1, 0.15) is 31.7 Å². The molecule has 0 saturated carbocycles. The highest BCUT2D eigenvalue weighted by molar-refractivity contribution is 5.92. The van der Waals surface area contributed by atoms with E-state index in [4.69, 9.17) is 9.47 Å². The number of allylic oxidation sites excluding steroid dienone is 4. The molecule has 1 amide bonds. The molecule has 0 saturated heterocycles. The molecule has 2 aliphatic carbocycles. The fourth-order valence-electron chi connectivity index (χ4n) is 3.28. The van der Waals surface area contributed by atoms with E-state index in [1.807, 2.05) is 0 Å². The molecule has 1 atom stereocenters. The summed E-state index contributed by atoms with van der Waals surface area (Å²) in [5, 5.41) is 3.07. The molecule has 140 valence electrons. The summed E-state index contributed by atoms with van der Waals surface area (Å²) < 4.78 is 10.3. The minimum Gasteiger partial charge on any atom is -0.493 e. The fourth-order valence-corrected chi connectivity index (χ4v) is 3.28. The molecular formula is C22H23NO4. The number of nitrogens with one attached hydrogen (secondary N) is 1. The first-order chi connectivity index (χ1) is 13.1. The number of rotatable bonds is 5. The van der Waals surface area contributed by atoms with Crippen molar-refractivity contribution in [3.63, 3.8) is 0 Å². The number of carbonyl (C=O) groups excluding carboxylic acids is 2. The van der Waals surface area contributed by atoms with Crippen molar-refractivity contribution in [2.75, 3.05) is 7.11 Å². The summed E-state index contributed by atoms with van der Waals surface area (Å²) in [5.41, 5.74) is 3.25. The van der Waals surface area contributed by atoms with E-state index in [0.717, 1.165) is 24.8 Å². The van der Waals surface area contributed by atoms with E-state index in [1.54, 1.807) is 24.3 Å². The van der Waals surface area contributed by atoms with Crippen LogP contribution in [-0.4, -0.2) is 25.0 Å². The monoisotopic (exact) mass is 365 g/mol. The van der Waals surface area contributed by atoms with E-state index >= 15 is 0 Å². The van der Waals surface area contributed by atoms with E-state index in [2.05, 4.69) is 29.6 Å². The van der Waals surface area contributed by atoms with Gasteiger partial charge in [0.25, 0.3) is 0 Å². The number of amides is 1. The molecule has 5 heteroatoms. The summed E-state index contributed by atoms with van der Waals surface area (Å²) in [5.74, 6) is 0.210. The van der Waals surface area contributed by atoms with Crippen LogP contribution in [0.15, 0.2) is 59.7 Å². The average molecular weight is 365 g/mol. The molecule has 27 heavy (non-hydrogen) atoms. The zero-order chi connectivity index (χ0) is 19.2. The lowest BCUT2D eigenvalue weighted by Gasteiger charge is -2.13. The molecule has 0 heterocycles. The Balaban J connectivity index is 1.67. The summed E-state index contributed by atoms with van der Waals surface area (Å²) in [6.07, 6.45) is 14.5. The summed E-state index contributed by atoms with van der Waals surface area (Å²) in [6, 6.07) is 5.21. The molecule has 1 N–H and O–H groups in total. The van der Waals surface area contributed by atoms with Gasteiger partial charge >= 0.3 is 5.97 Å². The van der Waals surface area contributed by atoms with Crippen molar-refractivity contribution in [3.8, 4) is 11.5 Å². The number of hydrogen-bond donors (Lipinski definition) is 1. The van der Waals surface area contributed by atoms with Crippen LogP contribution in [0.25, 0.3) is 6.08 Å². The molecule has 0 radical (unpaired) electrons. The van der Waals surface area contributed by atoms with Gasteiger partial charge in [0.05, 0.1) is 13.2 Å². The maximum absolute atomic E-state index is 12.3. The van der Waals surface area contributed by atoms with Crippen molar-refractivity contribution in [1.82, 2.24) is 5.32 Å². The van der Waals surface area contributed by atoms with Gasteiger partial charge in [0.15, 0.2) is 11.5 Å². The quantitative estimate of drug-likeness (QED) is 0.491. The normalized spacial score (nSPS) is 18.4. The smallest absolute Gasteiger partial charge is 0.308 e. The Bertz CT molecular complexity index is 861. The second-order valence-electron chi connectivity index (χ2n) is 6.46. The SMILES string of the molecule is COc1ccc(/C=C/C(=O)NC2CCC3=C2C=CCC=C3)cc1OC(C)=O. The van der Waals surface area contributed by atoms with Gasteiger partial charge < -0.3 is 14.8 Å². The van der Waals surface area contributed by atoms with Crippen LogP contribution < -0.4 is 14.8 Å². The van der Waals surface area contributed by atoms with E-state index in [9.17, 15) is 9.59 Å². The van der Waals surface area contributed by atoms with Crippen molar-refractivity contribution >= 4 is 18.0 Å². The van der Waals surface area contributed by atoms with Crippen LogP contribution in [0.5, 0.6) is 11.5 Å². The molecule has 1 unspecified atom stereocenters. The second kappa shape index (κ2) is 8.54. The van der Waals surface area contributed by atoms with Crippen LogP contribution in [0.2, 0.25) is 0 Å². The van der Waals surface area contributed by atoms with Gasteiger partial charge in [0, 0.05) is 13.0 Å². The van der Waals surface area contributed by atoms with Crippen LogP contribution in [-0.2, 0) is 9.59 Å². The lowest BCUT2D eigenvalue weighted by atomic mass is 10.1. The van der Waals surface area contributed by atoms with Crippen LogP contribution in [0.4, 0.5) is 0 Å². The average Bonchev–Trinajstić information content (AvgIpc) is 2.86.